The number of rotatable bonds is 7. The van der Waals surface area contributed by atoms with Gasteiger partial charge in [0.05, 0.1) is 22.8 Å². The van der Waals surface area contributed by atoms with Gasteiger partial charge in [0.2, 0.25) is 15.9 Å². The van der Waals surface area contributed by atoms with Crippen molar-refractivity contribution in [1.29, 1.82) is 0 Å². The highest BCUT2D eigenvalue weighted by Gasteiger charge is 2.49. The Morgan fingerprint density at radius 3 is 2.41 bits per heavy atom. The molecule has 3 aromatic rings. The largest absolute Gasteiger partial charge is 0.351 e. The molecule has 1 aromatic carbocycles. The molecule has 37 heavy (non-hydrogen) atoms. The van der Waals surface area contributed by atoms with E-state index in [-0.39, 0.29) is 23.4 Å². The number of hydrogen-bond donors (Lipinski definition) is 1. The van der Waals surface area contributed by atoms with Gasteiger partial charge in [-0.25, -0.2) is 31.6 Å². The maximum atomic E-state index is 14.6. The molecular weight excluding hydrogens is 507 g/mol. The number of pyridine rings is 1. The smallest absolute Gasteiger partial charge is 0.244 e. The molecule has 1 N–H and O–H groups in total. The number of aromatic nitrogens is 3. The molecule has 3 heterocycles. The third-order valence-electron chi connectivity index (χ3n) is 6.67. The number of alkyl halides is 1. The van der Waals surface area contributed by atoms with E-state index in [0.717, 1.165) is 53.4 Å². The number of hydrogen-bond acceptors (Lipinski definition) is 6. The monoisotopic (exact) mass is 531 g/mol. The zero-order chi connectivity index (χ0) is 26.3. The average molecular weight is 532 g/mol. The van der Waals surface area contributed by atoms with Crippen molar-refractivity contribution in [2.75, 3.05) is 0 Å². The highest BCUT2D eigenvalue weighted by atomic mass is 32.2. The van der Waals surface area contributed by atoms with E-state index in [4.69, 9.17) is 0 Å². The van der Waals surface area contributed by atoms with Crippen LogP contribution in [-0.4, -0.2) is 51.8 Å². The Hall–Kier alpha value is -3.38. The highest BCUT2D eigenvalue weighted by Crippen LogP contribution is 2.38. The van der Waals surface area contributed by atoms with Crippen LogP contribution in [0.1, 0.15) is 43.5 Å². The second-order valence-electron chi connectivity index (χ2n) is 9.28. The summed E-state index contributed by atoms with van der Waals surface area (Å²) in [6.07, 6.45) is 4.42. The fourth-order valence-corrected chi connectivity index (χ4v) is 6.20. The second kappa shape index (κ2) is 9.82. The van der Waals surface area contributed by atoms with Crippen LogP contribution < -0.4 is 5.32 Å². The van der Waals surface area contributed by atoms with Crippen LogP contribution in [0.15, 0.2) is 53.8 Å². The topological polar surface area (TPSA) is 105 Å². The summed E-state index contributed by atoms with van der Waals surface area (Å²) in [5, 5.41) is 2.53. The van der Waals surface area contributed by atoms with Crippen molar-refractivity contribution in [3.63, 3.8) is 0 Å². The predicted molar refractivity (Wildman–Crippen MR) is 127 cm³/mol. The van der Waals surface area contributed by atoms with E-state index >= 15 is 0 Å². The van der Waals surface area contributed by atoms with Gasteiger partial charge in [-0.1, -0.05) is 0 Å². The number of benzene rings is 1. The zero-order valence-corrected chi connectivity index (χ0v) is 20.6. The van der Waals surface area contributed by atoms with Crippen molar-refractivity contribution in [3.05, 3.63) is 71.9 Å². The highest BCUT2D eigenvalue weighted by molar-refractivity contribution is 7.89. The van der Waals surface area contributed by atoms with Gasteiger partial charge in [0.1, 0.15) is 29.7 Å². The van der Waals surface area contributed by atoms with Gasteiger partial charge in [0.25, 0.3) is 0 Å². The van der Waals surface area contributed by atoms with Crippen LogP contribution in [0.3, 0.4) is 0 Å². The third kappa shape index (κ3) is 5.08. The molecule has 12 heteroatoms. The number of amides is 1. The Kier molecular flexibility index (Phi) is 6.71. The quantitative estimate of drug-likeness (QED) is 0.501. The summed E-state index contributed by atoms with van der Waals surface area (Å²) in [5.74, 6) is -0.925. The van der Waals surface area contributed by atoms with Gasteiger partial charge >= 0.3 is 0 Å². The molecule has 1 saturated carbocycles. The Balaban J connectivity index is 1.33. The van der Waals surface area contributed by atoms with E-state index in [2.05, 4.69) is 20.3 Å². The summed E-state index contributed by atoms with van der Waals surface area (Å²) in [4.78, 5) is 25.5. The molecule has 194 valence electrons. The minimum absolute atomic E-state index is 0.111. The van der Waals surface area contributed by atoms with E-state index in [0.29, 0.717) is 17.2 Å². The lowest BCUT2D eigenvalue weighted by atomic mass is 10.1. The molecule has 5 rings (SSSR count). The maximum Gasteiger partial charge on any atom is 0.244 e. The Labute approximate surface area is 212 Å². The average Bonchev–Trinajstić information content (AvgIpc) is 3.69. The summed E-state index contributed by atoms with van der Waals surface area (Å²) in [5.41, 5.74) is 1.10. The van der Waals surface area contributed by atoms with Crippen molar-refractivity contribution in [1.82, 2.24) is 24.6 Å². The molecule has 0 bridgehead atoms. The standard InChI is InChI=1S/C25H24F3N5O3S/c1-14-20(27)9-23(33(14)37(35,36)19-6-4-18(26)5-7-19)25(34)32-10-16-8-22(29-13-21(16)28)17-11-30-24(31-12-17)15-2-3-15/h4-8,11-15,20,23H,2-3,9-10H2,1H3,(H,32,34)/t14-,20+,23-/m0/s1. The molecule has 0 radical (unpaired) electrons. The molecule has 2 aliphatic rings. The van der Waals surface area contributed by atoms with Crippen LogP contribution >= 0.6 is 0 Å². The predicted octanol–water partition coefficient (Wildman–Crippen LogP) is 3.50. The first-order valence-corrected chi connectivity index (χ1v) is 13.3. The number of carbonyl (C=O) groups excluding carboxylic acids is 1. The Morgan fingerprint density at radius 2 is 1.76 bits per heavy atom. The molecule has 0 unspecified atom stereocenters. The normalized spacial score (nSPS) is 22.2. The molecule has 0 spiro atoms. The second-order valence-corrected chi connectivity index (χ2v) is 11.1. The summed E-state index contributed by atoms with van der Waals surface area (Å²) in [6, 6.07) is 3.06. The first-order chi connectivity index (χ1) is 17.6. The molecule has 3 atom stereocenters. The molecule has 2 aromatic heterocycles. The Bertz CT molecular complexity index is 1420. The van der Waals surface area contributed by atoms with Gasteiger partial charge in [-0.15, -0.1) is 0 Å². The van der Waals surface area contributed by atoms with Crippen molar-refractivity contribution in [2.24, 2.45) is 0 Å². The van der Waals surface area contributed by atoms with Crippen molar-refractivity contribution < 1.29 is 26.4 Å². The van der Waals surface area contributed by atoms with E-state index < -0.39 is 45.8 Å². The van der Waals surface area contributed by atoms with Crippen LogP contribution in [0.5, 0.6) is 0 Å². The SMILES string of the molecule is C[C@H]1[C@H](F)C[C@@H](C(=O)NCc2cc(-c3cnc(C4CC4)nc3)ncc2F)N1S(=O)(=O)c1ccc(F)cc1. The summed E-state index contributed by atoms with van der Waals surface area (Å²) in [7, 11) is -4.30. The van der Waals surface area contributed by atoms with E-state index in [1.807, 2.05) is 0 Å². The number of nitrogens with one attached hydrogen (secondary N) is 1. The third-order valence-corrected chi connectivity index (χ3v) is 8.68. The van der Waals surface area contributed by atoms with Crippen molar-refractivity contribution in [3.8, 4) is 11.3 Å². The van der Waals surface area contributed by atoms with Crippen LogP contribution in [0, 0.1) is 11.6 Å². The summed E-state index contributed by atoms with van der Waals surface area (Å²) >= 11 is 0. The number of halogens is 3. The fourth-order valence-electron chi connectivity index (χ4n) is 4.39. The van der Waals surface area contributed by atoms with Crippen molar-refractivity contribution in [2.45, 2.75) is 61.8 Å². The van der Waals surface area contributed by atoms with Crippen LogP contribution in [0.25, 0.3) is 11.3 Å². The van der Waals surface area contributed by atoms with Crippen LogP contribution in [-0.2, 0) is 21.4 Å². The molecule has 8 nitrogen and oxygen atoms in total. The fraction of sp³-hybridized carbons (Fsp3) is 0.360. The minimum Gasteiger partial charge on any atom is -0.351 e. The molecule has 1 saturated heterocycles. The van der Waals surface area contributed by atoms with Gasteiger partial charge in [-0.05, 0) is 50.1 Å². The lowest BCUT2D eigenvalue weighted by molar-refractivity contribution is -0.124. The van der Waals surface area contributed by atoms with Gasteiger partial charge in [0.15, 0.2) is 0 Å². The van der Waals surface area contributed by atoms with Crippen LogP contribution in [0.2, 0.25) is 0 Å². The van der Waals surface area contributed by atoms with Gasteiger partial charge in [0, 0.05) is 42.4 Å². The van der Waals surface area contributed by atoms with Gasteiger partial charge in [-0.2, -0.15) is 4.31 Å². The molecular formula is C25H24F3N5O3S. The number of carbonyl (C=O) groups is 1. The number of nitrogens with zero attached hydrogens (tertiary/aromatic N) is 4. The lowest BCUT2D eigenvalue weighted by Gasteiger charge is -2.27. The van der Waals surface area contributed by atoms with Crippen LogP contribution in [0.4, 0.5) is 13.2 Å². The lowest BCUT2D eigenvalue weighted by Crippen LogP contribution is -2.48. The molecule has 1 amide bonds. The van der Waals surface area contributed by atoms with E-state index in [1.54, 1.807) is 12.4 Å². The Morgan fingerprint density at radius 1 is 1.08 bits per heavy atom. The summed E-state index contributed by atoms with van der Waals surface area (Å²) in [6.45, 7) is 1.10. The molecule has 2 fully saturated rings. The van der Waals surface area contributed by atoms with Crippen molar-refractivity contribution >= 4 is 15.9 Å². The minimum atomic E-state index is -4.30. The zero-order valence-electron chi connectivity index (χ0n) is 19.8. The first-order valence-electron chi connectivity index (χ1n) is 11.8. The van der Waals surface area contributed by atoms with Gasteiger partial charge < -0.3 is 5.32 Å². The van der Waals surface area contributed by atoms with E-state index in [9.17, 15) is 26.4 Å². The molecule has 1 aliphatic heterocycles. The summed E-state index contributed by atoms with van der Waals surface area (Å²) < 4.78 is 69.6. The first kappa shape index (κ1) is 25.3. The molecule has 1 aliphatic carbocycles. The van der Waals surface area contributed by atoms with E-state index in [1.165, 1.54) is 13.0 Å². The maximum absolute atomic E-state index is 14.6. The van der Waals surface area contributed by atoms with Gasteiger partial charge in [-0.3, -0.25) is 9.78 Å². The number of sulfonamides is 1.